The summed E-state index contributed by atoms with van der Waals surface area (Å²) in [7, 11) is 0. The smallest absolute Gasteiger partial charge is 0.308 e. The van der Waals surface area contributed by atoms with Gasteiger partial charge in [-0.1, -0.05) is 42.5 Å². The van der Waals surface area contributed by atoms with E-state index in [1.54, 1.807) is 6.07 Å². The third-order valence-electron chi connectivity index (χ3n) is 5.41. The Morgan fingerprint density at radius 1 is 1.22 bits per heavy atom. The maximum atomic E-state index is 12.4. The molecule has 11 heteroatoms. The van der Waals surface area contributed by atoms with Gasteiger partial charge in [0.15, 0.2) is 5.11 Å². The number of nitrogens with one attached hydrogen (secondary N) is 2. The number of benzene rings is 2. The lowest BCUT2D eigenvalue weighted by Crippen LogP contribution is -2.60. The van der Waals surface area contributed by atoms with E-state index < -0.39 is 22.8 Å². The molecule has 36 heavy (non-hydrogen) atoms. The van der Waals surface area contributed by atoms with Gasteiger partial charge in [-0.2, -0.15) is 0 Å². The topological polar surface area (TPSA) is 131 Å². The number of nitrogens with zero attached hydrogens (tertiary/aromatic N) is 2. The Bertz CT molecular complexity index is 1150. The Hall–Kier alpha value is -4.12. The zero-order chi connectivity index (χ0) is 25.9. The summed E-state index contributed by atoms with van der Waals surface area (Å²) in [6.45, 7) is 0.845. The van der Waals surface area contributed by atoms with Crippen molar-refractivity contribution in [2.75, 3.05) is 19.7 Å². The molecule has 0 spiro atoms. The Balaban J connectivity index is 1.51. The second-order valence-corrected chi connectivity index (χ2v) is 8.38. The standard InChI is InChI=1S/C25H26N4O6S/c30-22(12-11-19-8-4-10-20(16-19)29(33)34)27-25(36)28-14-13-26-24(32)21(28)17-23(31)35-15-5-9-18-6-2-1-3-7-18/h1-4,6-8,10-12,16,21H,5,9,13-15,17H2,(H,26,32)(H,27,30,36)/b12-11+. The summed E-state index contributed by atoms with van der Waals surface area (Å²) in [6, 6.07) is 14.7. The van der Waals surface area contributed by atoms with Crippen LogP contribution < -0.4 is 10.6 Å². The molecule has 10 nitrogen and oxygen atoms in total. The van der Waals surface area contributed by atoms with E-state index in [2.05, 4.69) is 10.6 Å². The van der Waals surface area contributed by atoms with Crippen LogP contribution >= 0.6 is 12.2 Å². The van der Waals surface area contributed by atoms with E-state index in [1.165, 1.54) is 35.3 Å². The molecule has 1 aliphatic rings. The lowest BCUT2D eigenvalue weighted by molar-refractivity contribution is -0.384. The van der Waals surface area contributed by atoms with Crippen LogP contribution in [0.15, 0.2) is 60.7 Å². The van der Waals surface area contributed by atoms with Crippen molar-refractivity contribution in [3.05, 3.63) is 81.9 Å². The van der Waals surface area contributed by atoms with Crippen molar-refractivity contribution in [3.8, 4) is 0 Å². The third-order valence-corrected chi connectivity index (χ3v) is 5.74. The van der Waals surface area contributed by atoms with Gasteiger partial charge in [-0.05, 0) is 42.3 Å². The molecule has 0 saturated carbocycles. The number of aryl methyl sites for hydroxylation is 1. The van der Waals surface area contributed by atoms with Crippen molar-refractivity contribution in [3.63, 3.8) is 0 Å². The first-order valence-corrected chi connectivity index (χ1v) is 11.8. The van der Waals surface area contributed by atoms with Crippen molar-refractivity contribution < 1.29 is 24.0 Å². The van der Waals surface area contributed by atoms with Crippen molar-refractivity contribution in [1.29, 1.82) is 0 Å². The molecule has 2 aromatic carbocycles. The summed E-state index contributed by atoms with van der Waals surface area (Å²) >= 11 is 5.32. The summed E-state index contributed by atoms with van der Waals surface area (Å²) in [6.07, 6.45) is 3.81. The summed E-state index contributed by atoms with van der Waals surface area (Å²) in [5, 5.41) is 16.1. The monoisotopic (exact) mass is 510 g/mol. The molecule has 0 bridgehead atoms. The summed E-state index contributed by atoms with van der Waals surface area (Å²) in [4.78, 5) is 49.0. The Labute approximate surface area is 213 Å². The van der Waals surface area contributed by atoms with Crippen LogP contribution in [0.25, 0.3) is 6.08 Å². The first kappa shape index (κ1) is 26.5. The van der Waals surface area contributed by atoms with Gasteiger partial charge < -0.3 is 15.0 Å². The minimum Gasteiger partial charge on any atom is -0.466 e. The Kier molecular flexibility index (Phi) is 9.64. The highest BCUT2D eigenvalue weighted by molar-refractivity contribution is 7.80. The Morgan fingerprint density at radius 3 is 2.75 bits per heavy atom. The molecule has 0 aromatic heterocycles. The Morgan fingerprint density at radius 2 is 2.00 bits per heavy atom. The maximum absolute atomic E-state index is 12.4. The van der Waals surface area contributed by atoms with Crippen LogP contribution in [-0.2, 0) is 25.5 Å². The van der Waals surface area contributed by atoms with Crippen LogP contribution in [0, 0.1) is 10.1 Å². The molecule has 0 aliphatic carbocycles. The van der Waals surface area contributed by atoms with Crippen LogP contribution in [0.5, 0.6) is 0 Å². The number of hydrogen-bond donors (Lipinski definition) is 2. The second kappa shape index (κ2) is 13.1. The molecule has 1 heterocycles. The highest BCUT2D eigenvalue weighted by atomic mass is 32.1. The SMILES string of the molecule is O=C(/C=C/c1cccc([N+](=O)[O-])c1)NC(=S)N1CCNC(=O)C1CC(=O)OCCCc1ccccc1. The highest BCUT2D eigenvalue weighted by Gasteiger charge is 2.34. The second-order valence-electron chi connectivity index (χ2n) is 7.99. The number of nitro groups is 1. The molecule has 188 valence electrons. The van der Waals surface area contributed by atoms with Crippen LogP contribution in [-0.4, -0.2) is 58.5 Å². The average Bonchev–Trinajstić information content (AvgIpc) is 2.87. The van der Waals surface area contributed by atoms with Gasteiger partial charge in [-0.15, -0.1) is 0 Å². The zero-order valence-corrected chi connectivity index (χ0v) is 20.2. The number of carbonyl (C=O) groups excluding carboxylic acids is 3. The van der Waals surface area contributed by atoms with E-state index in [4.69, 9.17) is 17.0 Å². The van der Waals surface area contributed by atoms with Gasteiger partial charge in [0.2, 0.25) is 11.8 Å². The molecule has 1 unspecified atom stereocenters. The molecule has 2 aromatic rings. The number of amides is 2. The van der Waals surface area contributed by atoms with Crippen LogP contribution in [0.4, 0.5) is 5.69 Å². The third kappa shape index (κ3) is 7.98. The zero-order valence-electron chi connectivity index (χ0n) is 19.4. The molecule has 1 aliphatic heterocycles. The molecule has 3 rings (SSSR count). The molecular weight excluding hydrogens is 484 g/mol. The minimum absolute atomic E-state index is 0.000389. The molecule has 0 radical (unpaired) electrons. The number of nitro benzene ring substituents is 1. The molecule has 1 fully saturated rings. The summed E-state index contributed by atoms with van der Waals surface area (Å²) in [5.41, 5.74) is 1.52. The minimum atomic E-state index is -0.908. The number of carbonyl (C=O) groups is 3. The van der Waals surface area contributed by atoms with Crippen LogP contribution in [0.1, 0.15) is 24.0 Å². The predicted molar refractivity (Wildman–Crippen MR) is 137 cm³/mol. The van der Waals surface area contributed by atoms with E-state index in [9.17, 15) is 24.5 Å². The molecule has 1 atom stereocenters. The fourth-order valence-corrected chi connectivity index (χ4v) is 3.94. The van der Waals surface area contributed by atoms with E-state index >= 15 is 0 Å². The first-order valence-electron chi connectivity index (χ1n) is 11.3. The lowest BCUT2D eigenvalue weighted by Gasteiger charge is -2.36. The van der Waals surface area contributed by atoms with E-state index in [-0.39, 0.29) is 29.7 Å². The number of non-ortho nitro benzene ring substituents is 1. The van der Waals surface area contributed by atoms with Gasteiger partial charge in [0, 0.05) is 31.3 Å². The van der Waals surface area contributed by atoms with Crippen LogP contribution in [0.2, 0.25) is 0 Å². The summed E-state index contributed by atoms with van der Waals surface area (Å²) in [5.74, 6) is -1.49. The maximum Gasteiger partial charge on any atom is 0.308 e. The number of rotatable bonds is 9. The van der Waals surface area contributed by atoms with Crippen LogP contribution in [0.3, 0.4) is 0 Å². The molecule has 2 N–H and O–H groups in total. The van der Waals surface area contributed by atoms with Crippen molar-refractivity contribution >= 4 is 46.9 Å². The number of ether oxygens (including phenoxy) is 1. The van der Waals surface area contributed by atoms with Gasteiger partial charge >= 0.3 is 5.97 Å². The molecule has 2 amide bonds. The summed E-state index contributed by atoms with van der Waals surface area (Å²) < 4.78 is 5.30. The van der Waals surface area contributed by atoms with Gasteiger partial charge in [0.25, 0.3) is 5.69 Å². The fraction of sp³-hybridized carbons (Fsp3) is 0.280. The van der Waals surface area contributed by atoms with Crippen molar-refractivity contribution in [2.24, 2.45) is 0 Å². The average molecular weight is 511 g/mol. The number of thiocarbonyl (C=S) groups is 1. The quantitative estimate of drug-likeness (QED) is 0.131. The first-order chi connectivity index (χ1) is 17.3. The predicted octanol–water partition coefficient (Wildman–Crippen LogP) is 2.38. The van der Waals surface area contributed by atoms with Crippen molar-refractivity contribution in [1.82, 2.24) is 15.5 Å². The number of piperazine rings is 1. The number of esters is 1. The van der Waals surface area contributed by atoms with Gasteiger partial charge in [0.05, 0.1) is 18.0 Å². The fourth-order valence-electron chi connectivity index (χ4n) is 3.62. The van der Waals surface area contributed by atoms with Crippen molar-refractivity contribution in [2.45, 2.75) is 25.3 Å². The van der Waals surface area contributed by atoms with Gasteiger partial charge in [0.1, 0.15) is 6.04 Å². The van der Waals surface area contributed by atoms with E-state index in [1.807, 2.05) is 30.3 Å². The normalized spacial score (nSPS) is 15.3. The van der Waals surface area contributed by atoms with E-state index in [0.717, 1.165) is 12.0 Å². The number of hydrogen-bond acceptors (Lipinski definition) is 7. The van der Waals surface area contributed by atoms with Gasteiger partial charge in [-0.3, -0.25) is 29.8 Å². The largest absolute Gasteiger partial charge is 0.466 e. The lowest BCUT2D eigenvalue weighted by atomic mass is 10.1. The van der Waals surface area contributed by atoms with Gasteiger partial charge in [-0.25, -0.2) is 0 Å². The molecule has 1 saturated heterocycles. The highest BCUT2D eigenvalue weighted by Crippen LogP contribution is 2.14. The van der Waals surface area contributed by atoms with E-state index in [0.29, 0.717) is 25.1 Å². The molecular formula is C25H26N4O6S.